The van der Waals surface area contributed by atoms with Crippen LogP contribution in [0.15, 0.2) is 4.79 Å². The number of nitriles is 1. The third-order valence-electron chi connectivity index (χ3n) is 6.28. The van der Waals surface area contributed by atoms with Crippen molar-refractivity contribution in [3.8, 4) is 11.9 Å². The molecule has 0 atom stereocenters. The van der Waals surface area contributed by atoms with Gasteiger partial charge in [0.2, 0.25) is 11.8 Å². The Hall–Kier alpha value is -3.12. The van der Waals surface area contributed by atoms with Gasteiger partial charge in [-0.1, -0.05) is 86.1 Å². The number of nitrogens with zero attached hydrogens (tertiary/aromatic N) is 5. The number of pyridine rings is 1. The molecule has 38 heavy (non-hydrogen) atoms. The van der Waals surface area contributed by atoms with Gasteiger partial charge in [-0.3, -0.25) is 9.59 Å². The van der Waals surface area contributed by atoms with Crippen LogP contribution in [0.2, 0.25) is 0 Å². The Balaban J connectivity index is 2.90. The first-order valence-corrected chi connectivity index (χ1v) is 14.0. The van der Waals surface area contributed by atoms with Crippen LogP contribution in [-0.2, 0) is 10.2 Å². The third-order valence-corrected chi connectivity index (χ3v) is 7.35. The summed E-state index contributed by atoms with van der Waals surface area (Å²) in [5.41, 5.74) is -1.07. The van der Waals surface area contributed by atoms with Gasteiger partial charge in [0.25, 0.3) is 5.56 Å². The number of anilines is 1. The topological polar surface area (TPSA) is 102 Å². The number of rotatable bonds is 9. The lowest BCUT2D eigenvalue weighted by Crippen LogP contribution is -2.55. The van der Waals surface area contributed by atoms with Crippen LogP contribution < -0.4 is 25.9 Å². The molecule has 2 heterocycles. The summed E-state index contributed by atoms with van der Waals surface area (Å²) in [5.74, 6) is -0.995. The second-order valence-electron chi connectivity index (χ2n) is 11.7. The minimum absolute atomic E-state index is 0.117. The molecule has 2 aromatic heterocycles. The van der Waals surface area contributed by atoms with Crippen LogP contribution in [0.4, 0.5) is 5.13 Å². The van der Waals surface area contributed by atoms with Gasteiger partial charge in [0.05, 0.1) is 15.8 Å². The highest BCUT2D eigenvalue weighted by molar-refractivity contribution is 7.16. The minimum atomic E-state index is -0.813. The first-order valence-electron chi connectivity index (χ1n) is 13.2. The van der Waals surface area contributed by atoms with E-state index in [1.54, 1.807) is 26.8 Å². The van der Waals surface area contributed by atoms with E-state index in [2.05, 4.69) is 46.1 Å². The van der Waals surface area contributed by atoms with Gasteiger partial charge in [0.15, 0.2) is 5.13 Å². The number of amides is 1. The molecule has 8 nitrogen and oxygen atoms in total. The Kier molecular flexibility index (Phi) is 9.95. The molecule has 0 unspecified atom stereocenters. The van der Waals surface area contributed by atoms with Gasteiger partial charge in [0, 0.05) is 36.2 Å². The molecule has 1 amide bonds. The fraction of sp³-hybridized carbons (Fsp3) is 0.586. The molecule has 0 aromatic carbocycles. The molecule has 2 aromatic rings. The maximum atomic E-state index is 13.7. The maximum absolute atomic E-state index is 13.7. The van der Waals surface area contributed by atoms with Gasteiger partial charge < -0.3 is 10.0 Å². The number of aromatic hydroxyl groups is 1. The lowest BCUT2D eigenvalue weighted by atomic mass is 9.91. The Labute approximate surface area is 230 Å². The van der Waals surface area contributed by atoms with E-state index in [9.17, 15) is 20.0 Å². The van der Waals surface area contributed by atoms with E-state index in [4.69, 9.17) is 4.98 Å². The number of aromatic nitrogens is 2. The van der Waals surface area contributed by atoms with Gasteiger partial charge in [-0.05, 0) is 18.9 Å². The summed E-state index contributed by atoms with van der Waals surface area (Å²) >= 11 is 1.51. The molecule has 0 radical (unpaired) electrons. The number of carbonyl (C=O) groups is 1. The molecular weight excluding hydrogens is 498 g/mol. The Morgan fingerprint density at radius 3 is 2.16 bits per heavy atom. The zero-order valence-electron chi connectivity index (χ0n) is 24.4. The van der Waals surface area contributed by atoms with Gasteiger partial charge in [-0.2, -0.15) is 9.94 Å². The number of unbranched alkanes of at least 4 members (excludes halogenated alkanes) is 2. The van der Waals surface area contributed by atoms with Crippen molar-refractivity contribution in [3.05, 3.63) is 36.9 Å². The van der Waals surface area contributed by atoms with Gasteiger partial charge >= 0.3 is 0 Å². The van der Waals surface area contributed by atoms with Crippen molar-refractivity contribution in [2.75, 3.05) is 30.0 Å². The highest BCUT2D eigenvalue weighted by atomic mass is 32.1. The lowest BCUT2D eigenvalue weighted by molar-refractivity contribution is -0.127. The molecule has 0 saturated heterocycles. The van der Waals surface area contributed by atoms with E-state index in [1.165, 1.54) is 18.4 Å². The van der Waals surface area contributed by atoms with Crippen molar-refractivity contribution >= 4 is 35.0 Å². The predicted octanol–water partition coefficient (Wildman–Crippen LogP) is 3.97. The fourth-order valence-corrected chi connectivity index (χ4v) is 5.33. The average molecular weight is 542 g/mol. The molecule has 1 N–H and O–H groups in total. The Morgan fingerprint density at radius 1 is 1.16 bits per heavy atom. The summed E-state index contributed by atoms with van der Waals surface area (Å²) in [4.78, 5) is 34.9. The molecule has 9 heteroatoms. The largest absolute Gasteiger partial charge is 0.492 e. The summed E-state index contributed by atoms with van der Waals surface area (Å²) < 4.78 is 0.861. The van der Waals surface area contributed by atoms with Crippen LogP contribution in [0.3, 0.4) is 0 Å². The molecule has 0 fully saturated rings. The minimum Gasteiger partial charge on any atom is -0.492 e. The summed E-state index contributed by atoms with van der Waals surface area (Å²) in [7, 11) is 1.41. The van der Waals surface area contributed by atoms with Gasteiger partial charge in [-0.25, -0.2) is 9.99 Å². The van der Waals surface area contributed by atoms with Crippen molar-refractivity contribution in [1.29, 1.82) is 5.26 Å². The molecular formula is C29H43N5O3S. The summed E-state index contributed by atoms with van der Waals surface area (Å²) in [5, 5.41) is 22.9. The lowest BCUT2D eigenvalue weighted by Gasteiger charge is -2.27. The fourth-order valence-electron chi connectivity index (χ4n) is 4.06. The van der Waals surface area contributed by atoms with E-state index in [-0.39, 0.29) is 27.3 Å². The van der Waals surface area contributed by atoms with Crippen LogP contribution in [-0.4, -0.2) is 40.8 Å². The normalized spacial score (nSPS) is 12.5. The zero-order chi connectivity index (χ0) is 29.0. The molecule has 0 spiro atoms. The van der Waals surface area contributed by atoms with E-state index in [0.29, 0.717) is 0 Å². The smallest absolute Gasteiger partial charge is 0.280 e. The Morgan fingerprint density at radius 2 is 1.71 bits per heavy atom. The molecule has 0 aliphatic carbocycles. The van der Waals surface area contributed by atoms with E-state index in [0.717, 1.165) is 64.2 Å². The maximum Gasteiger partial charge on any atom is 0.280 e. The quantitative estimate of drug-likeness (QED) is 0.516. The predicted molar refractivity (Wildman–Crippen MR) is 157 cm³/mol. The van der Waals surface area contributed by atoms with Crippen LogP contribution >= 0.6 is 11.3 Å². The van der Waals surface area contributed by atoms with Gasteiger partial charge in [-0.15, -0.1) is 0 Å². The number of hydrogen-bond donors (Lipinski definition) is 1. The van der Waals surface area contributed by atoms with Crippen LogP contribution in [0.25, 0.3) is 12.7 Å². The van der Waals surface area contributed by atoms with E-state index in [1.807, 2.05) is 6.07 Å². The Bertz CT molecular complexity index is 1360. The van der Waals surface area contributed by atoms with E-state index < -0.39 is 16.9 Å². The van der Waals surface area contributed by atoms with Crippen molar-refractivity contribution < 1.29 is 9.90 Å². The standard InChI is InChI=1S/C29H43N5O3S/c1-11-13-15-33(16-14-12-2)27-31-23(28(4,5)6)22(38-27)17-20-19(3)21(18-30)25(36)34(24(20)35)32(10)26(37)29(7,8)9/h17,36H,3,11-16H2,1-2,4-10H3/b20-17-. The summed E-state index contributed by atoms with van der Waals surface area (Å²) in [6.45, 7) is 21.5. The number of thiazole rings is 1. The molecule has 2 rings (SSSR count). The van der Waals surface area contributed by atoms with Gasteiger partial charge in [0.1, 0.15) is 11.6 Å². The summed E-state index contributed by atoms with van der Waals surface area (Å²) in [6.07, 6.45) is 5.97. The highest BCUT2D eigenvalue weighted by Crippen LogP contribution is 2.34. The van der Waals surface area contributed by atoms with Crippen molar-refractivity contribution in [1.82, 2.24) is 9.66 Å². The SMILES string of the molecule is C=c1c(C#N)c(O)n(N(C)C(=O)C(C)(C)C)c(=O)/c1=C\c1sc(N(CCCC)CCCC)nc1C(C)(C)C. The van der Waals surface area contributed by atoms with Crippen molar-refractivity contribution in [3.63, 3.8) is 0 Å². The average Bonchev–Trinajstić information content (AvgIpc) is 3.25. The summed E-state index contributed by atoms with van der Waals surface area (Å²) in [6, 6.07) is 1.95. The molecule has 0 saturated carbocycles. The molecule has 208 valence electrons. The molecule has 0 bridgehead atoms. The highest BCUT2D eigenvalue weighted by Gasteiger charge is 2.29. The zero-order valence-corrected chi connectivity index (χ0v) is 25.3. The first kappa shape index (κ1) is 31.1. The number of hydrogen-bond acceptors (Lipinski definition) is 7. The molecule has 0 aliphatic heterocycles. The van der Waals surface area contributed by atoms with Crippen molar-refractivity contribution in [2.45, 2.75) is 86.5 Å². The number of carbonyl (C=O) groups excluding carboxylic acids is 1. The van der Waals surface area contributed by atoms with Crippen molar-refractivity contribution in [2.24, 2.45) is 5.41 Å². The second-order valence-corrected chi connectivity index (χ2v) is 12.7. The first-order chi connectivity index (χ1) is 17.6. The van der Waals surface area contributed by atoms with Crippen LogP contribution in [0, 0.1) is 16.7 Å². The third kappa shape index (κ3) is 6.65. The van der Waals surface area contributed by atoms with Crippen LogP contribution in [0.5, 0.6) is 5.88 Å². The van der Waals surface area contributed by atoms with E-state index >= 15 is 0 Å². The van der Waals surface area contributed by atoms with Crippen LogP contribution in [0.1, 0.15) is 97.2 Å². The molecule has 0 aliphatic rings. The second kappa shape index (κ2) is 12.2. The monoisotopic (exact) mass is 541 g/mol.